The predicted octanol–water partition coefficient (Wildman–Crippen LogP) is 3.81. The predicted molar refractivity (Wildman–Crippen MR) is 88.9 cm³/mol. The van der Waals surface area contributed by atoms with Crippen LogP contribution in [0.2, 0.25) is 0 Å². The third kappa shape index (κ3) is 3.11. The zero-order valence-corrected chi connectivity index (χ0v) is 13.9. The Kier molecular flexibility index (Phi) is 4.40. The van der Waals surface area contributed by atoms with Crippen LogP contribution in [-0.2, 0) is 11.3 Å². The lowest BCUT2D eigenvalue weighted by atomic mass is 10.1. The largest absolute Gasteiger partial charge is 0.451 e. The minimum absolute atomic E-state index is 0.245. The van der Waals surface area contributed by atoms with Crippen molar-refractivity contribution in [3.63, 3.8) is 0 Å². The van der Waals surface area contributed by atoms with Crippen LogP contribution in [0.5, 0.6) is 0 Å². The summed E-state index contributed by atoms with van der Waals surface area (Å²) >= 11 is 1.36. The molecule has 23 heavy (non-hydrogen) atoms. The number of aromatic nitrogens is 2. The van der Waals surface area contributed by atoms with Gasteiger partial charge in [0.15, 0.2) is 5.76 Å². The number of nitrogens with one attached hydrogen (secondary N) is 1. The average molecular weight is 331 g/mol. The molecule has 3 aromatic rings. The highest BCUT2D eigenvalue weighted by Crippen LogP contribution is 2.28. The molecule has 0 atom stereocenters. The average Bonchev–Trinajstić information content (AvgIpc) is 3.13. The zero-order chi connectivity index (χ0) is 16.4. The molecule has 2 heterocycles. The molecule has 0 fully saturated rings. The molecular formula is C16H17N3O3S. The van der Waals surface area contributed by atoms with Gasteiger partial charge in [0.1, 0.15) is 10.6 Å². The lowest BCUT2D eigenvalue weighted by molar-refractivity contribution is 0.0992. The lowest BCUT2D eigenvalue weighted by Crippen LogP contribution is -2.13. The quantitative estimate of drug-likeness (QED) is 0.769. The van der Waals surface area contributed by atoms with Crippen molar-refractivity contribution in [2.75, 3.05) is 12.4 Å². The van der Waals surface area contributed by atoms with Crippen molar-refractivity contribution in [2.24, 2.45) is 0 Å². The molecule has 1 N–H and O–H groups in total. The van der Waals surface area contributed by atoms with Crippen LogP contribution >= 0.6 is 11.3 Å². The van der Waals surface area contributed by atoms with Gasteiger partial charge in [0.05, 0.1) is 6.61 Å². The number of para-hydroxylation sites is 1. The minimum atomic E-state index is -0.347. The summed E-state index contributed by atoms with van der Waals surface area (Å²) in [6.07, 6.45) is 0. The molecule has 0 unspecified atom stereocenters. The van der Waals surface area contributed by atoms with Gasteiger partial charge in [-0.1, -0.05) is 43.4 Å². The fourth-order valence-electron chi connectivity index (χ4n) is 2.24. The summed E-state index contributed by atoms with van der Waals surface area (Å²) in [5.74, 6) is 0.169. The first kappa shape index (κ1) is 15.6. The third-order valence-corrected chi connectivity index (χ3v) is 4.49. The van der Waals surface area contributed by atoms with E-state index in [1.807, 2.05) is 38.1 Å². The van der Waals surface area contributed by atoms with Crippen LogP contribution in [0, 0.1) is 0 Å². The van der Waals surface area contributed by atoms with Crippen LogP contribution in [0.3, 0.4) is 0 Å². The van der Waals surface area contributed by atoms with E-state index in [2.05, 4.69) is 15.5 Å². The Hall–Kier alpha value is -2.25. The van der Waals surface area contributed by atoms with Gasteiger partial charge in [-0.2, -0.15) is 0 Å². The van der Waals surface area contributed by atoms with Crippen LogP contribution in [0.4, 0.5) is 5.13 Å². The topological polar surface area (TPSA) is 77.2 Å². The number of hydrogen-bond donors (Lipinski definition) is 1. The van der Waals surface area contributed by atoms with Crippen molar-refractivity contribution in [1.82, 2.24) is 10.2 Å². The highest BCUT2D eigenvalue weighted by molar-refractivity contribution is 7.15. The first-order valence-electron chi connectivity index (χ1n) is 7.24. The van der Waals surface area contributed by atoms with Crippen LogP contribution in [0.1, 0.15) is 40.9 Å². The molecule has 6 nitrogen and oxygen atoms in total. The summed E-state index contributed by atoms with van der Waals surface area (Å²) in [5.41, 5.74) is 1.39. The number of furan rings is 1. The molecule has 0 aliphatic carbocycles. The van der Waals surface area contributed by atoms with Crippen molar-refractivity contribution in [2.45, 2.75) is 26.4 Å². The molecule has 1 amide bonds. The number of anilines is 1. The number of carbonyl (C=O) groups excluding carboxylic acids is 1. The van der Waals surface area contributed by atoms with Gasteiger partial charge in [-0.05, 0) is 6.07 Å². The molecule has 0 radical (unpaired) electrons. The zero-order valence-electron chi connectivity index (χ0n) is 13.1. The van der Waals surface area contributed by atoms with Gasteiger partial charge in [0.2, 0.25) is 5.13 Å². The molecule has 0 saturated carbocycles. The Morgan fingerprint density at radius 2 is 2.13 bits per heavy atom. The van der Waals surface area contributed by atoms with Gasteiger partial charge in [-0.15, -0.1) is 10.2 Å². The highest BCUT2D eigenvalue weighted by Gasteiger charge is 2.21. The van der Waals surface area contributed by atoms with Crippen LogP contribution in [0.25, 0.3) is 11.0 Å². The van der Waals surface area contributed by atoms with Crippen LogP contribution < -0.4 is 5.32 Å². The highest BCUT2D eigenvalue weighted by atomic mass is 32.1. The summed E-state index contributed by atoms with van der Waals surface area (Å²) in [5, 5.41) is 13.0. The van der Waals surface area contributed by atoms with Gasteiger partial charge in [0, 0.05) is 24.0 Å². The van der Waals surface area contributed by atoms with Crippen molar-refractivity contribution in [3.8, 4) is 0 Å². The Morgan fingerprint density at radius 1 is 1.35 bits per heavy atom. The van der Waals surface area contributed by atoms with Crippen molar-refractivity contribution >= 4 is 33.3 Å². The fourth-order valence-corrected chi connectivity index (χ4v) is 2.98. The summed E-state index contributed by atoms with van der Waals surface area (Å²) in [7, 11) is 1.59. The third-order valence-electron chi connectivity index (χ3n) is 3.35. The van der Waals surface area contributed by atoms with Crippen LogP contribution in [0.15, 0.2) is 28.7 Å². The van der Waals surface area contributed by atoms with Gasteiger partial charge < -0.3 is 9.15 Å². The van der Waals surface area contributed by atoms with Crippen LogP contribution in [-0.4, -0.2) is 23.2 Å². The normalized spacial score (nSPS) is 11.3. The standard InChI is InChI=1S/C16H17N3O3S/c1-9(2)15-18-19-16(23-15)17-14(20)13-11(8-21-3)10-6-4-5-7-12(10)22-13/h4-7,9H,8H2,1-3H3,(H,17,19,20). The van der Waals surface area contributed by atoms with Gasteiger partial charge >= 0.3 is 0 Å². The maximum atomic E-state index is 12.5. The molecule has 0 aliphatic heterocycles. The molecule has 3 rings (SSSR count). The van der Waals surface area contributed by atoms with E-state index in [4.69, 9.17) is 9.15 Å². The first-order chi connectivity index (χ1) is 11.1. The maximum Gasteiger partial charge on any atom is 0.293 e. The molecule has 120 valence electrons. The minimum Gasteiger partial charge on any atom is -0.451 e. The number of carbonyl (C=O) groups is 1. The second-order valence-electron chi connectivity index (χ2n) is 5.39. The van der Waals surface area contributed by atoms with E-state index in [-0.39, 0.29) is 17.6 Å². The molecule has 7 heteroatoms. The lowest BCUT2D eigenvalue weighted by Gasteiger charge is -2.02. The molecule has 2 aromatic heterocycles. The molecule has 1 aromatic carbocycles. The molecule has 0 bridgehead atoms. The maximum absolute atomic E-state index is 12.5. The van der Waals surface area contributed by atoms with Crippen molar-refractivity contribution < 1.29 is 13.9 Å². The smallest absolute Gasteiger partial charge is 0.293 e. The number of ether oxygens (including phenoxy) is 1. The molecule has 0 aliphatic rings. The number of fused-ring (bicyclic) bond motifs is 1. The second kappa shape index (κ2) is 6.47. The SMILES string of the molecule is COCc1c(C(=O)Nc2nnc(C(C)C)s2)oc2ccccc12. The summed E-state index contributed by atoms with van der Waals surface area (Å²) < 4.78 is 10.9. The molecule has 0 saturated heterocycles. The number of rotatable bonds is 5. The van der Waals surface area contributed by atoms with E-state index in [0.29, 0.717) is 17.3 Å². The van der Waals surface area contributed by atoms with Crippen molar-refractivity contribution in [3.05, 3.63) is 40.6 Å². The van der Waals surface area contributed by atoms with Gasteiger partial charge in [-0.25, -0.2) is 0 Å². The summed E-state index contributed by atoms with van der Waals surface area (Å²) in [6, 6.07) is 7.50. The first-order valence-corrected chi connectivity index (χ1v) is 8.06. The summed E-state index contributed by atoms with van der Waals surface area (Å²) in [6.45, 7) is 4.36. The van der Waals surface area contributed by atoms with E-state index in [1.54, 1.807) is 7.11 Å². The number of benzene rings is 1. The van der Waals surface area contributed by atoms with E-state index in [1.165, 1.54) is 11.3 Å². The number of hydrogen-bond acceptors (Lipinski definition) is 6. The van der Waals surface area contributed by atoms with E-state index in [9.17, 15) is 4.79 Å². The van der Waals surface area contributed by atoms with Crippen molar-refractivity contribution in [1.29, 1.82) is 0 Å². The van der Waals surface area contributed by atoms with E-state index in [0.717, 1.165) is 16.0 Å². The molecular weight excluding hydrogens is 314 g/mol. The number of methoxy groups -OCH3 is 1. The van der Waals surface area contributed by atoms with E-state index >= 15 is 0 Å². The second-order valence-corrected chi connectivity index (χ2v) is 6.40. The Morgan fingerprint density at radius 3 is 2.83 bits per heavy atom. The Bertz CT molecular complexity index is 838. The number of amides is 1. The summed E-state index contributed by atoms with van der Waals surface area (Å²) in [4.78, 5) is 12.5. The van der Waals surface area contributed by atoms with E-state index < -0.39 is 0 Å². The molecule has 0 spiro atoms. The van der Waals surface area contributed by atoms with Gasteiger partial charge in [0.25, 0.3) is 5.91 Å². The Labute approximate surface area is 137 Å². The van der Waals surface area contributed by atoms with Gasteiger partial charge in [-0.3, -0.25) is 10.1 Å². The fraction of sp³-hybridized carbons (Fsp3) is 0.312. The monoisotopic (exact) mass is 331 g/mol. The number of nitrogens with zero attached hydrogens (tertiary/aromatic N) is 2. The Balaban J connectivity index is 1.91.